The number of halogens is 4. The molecule has 0 spiro atoms. The van der Waals surface area contributed by atoms with Crippen LogP contribution in [-0.4, -0.2) is 32.5 Å². The molecule has 4 rings (SSSR count). The van der Waals surface area contributed by atoms with Crippen molar-refractivity contribution in [3.63, 3.8) is 0 Å². The van der Waals surface area contributed by atoms with E-state index in [1.807, 2.05) is 4.72 Å². The number of hydrogen-bond donors (Lipinski definition) is 2. The van der Waals surface area contributed by atoms with Crippen LogP contribution < -0.4 is 15.4 Å². The Kier molecular flexibility index (Phi) is 6.56. The van der Waals surface area contributed by atoms with Crippen LogP contribution in [0.25, 0.3) is 0 Å². The van der Waals surface area contributed by atoms with Crippen molar-refractivity contribution in [2.75, 3.05) is 22.7 Å². The van der Waals surface area contributed by atoms with E-state index in [4.69, 9.17) is 17.3 Å². The first kappa shape index (κ1) is 23.1. The number of rotatable bonds is 5. The Morgan fingerprint density at radius 3 is 2.50 bits per heavy atom. The van der Waals surface area contributed by atoms with E-state index in [0.29, 0.717) is 24.9 Å². The van der Waals surface area contributed by atoms with Gasteiger partial charge in [0.1, 0.15) is 16.7 Å². The van der Waals surface area contributed by atoms with Crippen LogP contribution in [0.4, 0.5) is 24.7 Å². The largest absolute Gasteiger partial charge is 0.370 e. The van der Waals surface area contributed by atoms with Gasteiger partial charge in [0.15, 0.2) is 10.7 Å². The first-order valence-corrected chi connectivity index (χ1v) is 12.3. The Morgan fingerprint density at radius 2 is 1.81 bits per heavy atom. The molecule has 1 aromatic heterocycles. The second-order valence-corrected chi connectivity index (χ2v) is 10.5. The van der Waals surface area contributed by atoms with Crippen molar-refractivity contribution >= 4 is 33.1 Å². The lowest BCUT2D eigenvalue weighted by molar-refractivity contribution is 0.247. The molecule has 32 heavy (non-hydrogen) atoms. The zero-order chi connectivity index (χ0) is 23.0. The molecule has 2 aliphatic rings. The van der Waals surface area contributed by atoms with Crippen molar-refractivity contribution in [3.8, 4) is 0 Å². The molecule has 2 aromatic rings. The van der Waals surface area contributed by atoms with Crippen LogP contribution in [0.2, 0.25) is 5.02 Å². The van der Waals surface area contributed by atoms with Crippen molar-refractivity contribution in [1.82, 2.24) is 4.98 Å². The van der Waals surface area contributed by atoms with Crippen LogP contribution >= 0.6 is 11.6 Å². The molecule has 0 radical (unpaired) electrons. The highest BCUT2D eigenvalue weighted by atomic mass is 35.5. The van der Waals surface area contributed by atoms with Crippen LogP contribution in [0.5, 0.6) is 0 Å². The summed E-state index contributed by atoms with van der Waals surface area (Å²) in [7, 11) is -4.73. The first-order chi connectivity index (χ1) is 15.2. The summed E-state index contributed by atoms with van der Waals surface area (Å²) in [6.07, 6.45) is 4.89. The second-order valence-electron chi connectivity index (χ2n) is 8.46. The molecule has 1 atom stereocenters. The van der Waals surface area contributed by atoms with Gasteiger partial charge in [0.05, 0.1) is 5.69 Å². The Morgan fingerprint density at radius 1 is 1.09 bits per heavy atom. The maximum absolute atomic E-state index is 15.0. The fourth-order valence-corrected chi connectivity index (χ4v) is 6.17. The number of nitrogens with zero attached hydrogens (tertiary/aromatic N) is 2. The number of hydrogen-bond acceptors (Lipinski definition) is 5. The minimum atomic E-state index is -4.73. The van der Waals surface area contributed by atoms with Gasteiger partial charge in [0.2, 0.25) is 5.95 Å². The van der Waals surface area contributed by atoms with Gasteiger partial charge in [-0.1, -0.05) is 17.7 Å². The molecular weight excluding hydrogens is 465 g/mol. The molecule has 1 aliphatic carbocycles. The fraction of sp³-hybridized carbons (Fsp3) is 0.476. The third-order valence-corrected chi connectivity index (χ3v) is 8.12. The van der Waals surface area contributed by atoms with Gasteiger partial charge in [-0.15, -0.1) is 0 Å². The summed E-state index contributed by atoms with van der Waals surface area (Å²) in [5, 5.41) is -0.467. The third-order valence-electron chi connectivity index (χ3n) is 6.37. The van der Waals surface area contributed by atoms with E-state index in [1.165, 1.54) is 6.07 Å². The predicted octanol–water partition coefficient (Wildman–Crippen LogP) is 4.30. The fourth-order valence-electron chi connectivity index (χ4n) is 4.70. The molecule has 11 heteroatoms. The highest BCUT2D eigenvalue weighted by Crippen LogP contribution is 2.40. The summed E-state index contributed by atoms with van der Waals surface area (Å²) in [4.78, 5) is 3.92. The Balaban J connectivity index is 1.56. The van der Waals surface area contributed by atoms with Crippen LogP contribution in [0.3, 0.4) is 0 Å². The smallest absolute Gasteiger partial charge is 0.268 e. The second kappa shape index (κ2) is 9.07. The lowest BCUT2D eigenvalue weighted by Gasteiger charge is -2.31. The molecule has 1 aliphatic heterocycles. The van der Waals surface area contributed by atoms with E-state index < -0.39 is 43.3 Å². The SMILES string of the molecule is NC1CCC(C2CCN(c3cc(F)c(S(=O)(=O)Nc4cccc(F)n4)c(F)c3Cl)C2)CC1. The monoisotopic (exact) mass is 488 g/mol. The average molecular weight is 489 g/mol. The lowest BCUT2D eigenvalue weighted by Crippen LogP contribution is -2.31. The Bertz CT molecular complexity index is 1110. The quantitative estimate of drug-likeness (QED) is 0.484. The number of sulfonamides is 1. The number of nitrogens with two attached hydrogens (primary N) is 1. The van der Waals surface area contributed by atoms with Crippen molar-refractivity contribution in [2.45, 2.75) is 43.0 Å². The minimum absolute atomic E-state index is 0.125. The topological polar surface area (TPSA) is 88.3 Å². The van der Waals surface area contributed by atoms with Gasteiger partial charge in [-0.25, -0.2) is 22.2 Å². The highest BCUT2D eigenvalue weighted by molar-refractivity contribution is 7.92. The molecule has 0 amide bonds. The predicted molar refractivity (Wildman–Crippen MR) is 117 cm³/mol. The summed E-state index contributed by atoms with van der Waals surface area (Å²) in [5.74, 6) is -3.14. The van der Waals surface area contributed by atoms with Gasteiger partial charge < -0.3 is 10.6 Å². The summed E-state index contributed by atoms with van der Waals surface area (Å²) in [6.45, 7) is 1.17. The first-order valence-electron chi connectivity index (χ1n) is 10.5. The zero-order valence-corrected chi connectivity index (χ0v) is 18.8. The standard InChI is InChI=1S/C21H24ClF3N4O2S/c22-19-16(29-9-8-13(11-29)12-4-6-14(26)7-5-12)10-15(23)21(20(19)25)32(30,31)28-18-3-1-2-17(24)27-18/h1-3,10,12-14H,4-9,11,26H2,(H,27,28). The van der Waals surface area contributed by atoms with E-state index in [2.05, 4.69) is 4.98 Å². The van der Waals surface area contributed by atoms with Gasteiger partial charge in [-0.2, -0.15) is 4.39 Å². The van der Waals surface area contributed by atoms with Crippen molar-refractivity contribution < 1.29 is 21.6 Å². The number of benzene rings is 1. The normalized spacial score (nSPS) is 24.0. The van der Waals surface area contributed by atoms with Crippen LogP contribution in [0, 0.1) is 29.4 Å². The van der Waals surface area contributed by atoms with Gasteiger partial charge >= 0.3 is 0 Å². The molecule has 3 N–H and O–H groups in total. The number of anilines is 2. The summed E-state index contributed by atoms with van der Waals surface area (Å²) in [5.41, 5.74) is 6.11. The lowest BCUT2D eigenvalue weighted by atomic mass is 9.78. The average Bonchev–Trinajstić information content (AvgIpc) is 3.20. The van der Waals surface area contributed by atoms with E-state index in [-0.39, 0.29) is 11.7 Å². The van der Waals surface area contributed by atoms with E-state index >= 15 is 4.39 Å². The molecule has 2 heterocycles. The Labute approximate surface area is 190 Å². The number of pyridine rings is 1. The Hall–Kier alpha value is -2.04. The van der Waals surface area contributed by atoms with Crippen LogP contribution in [-0.2, 0) is 10.0 Å². The molecule has 0 bridgehead atoms. The maximum Gasteiger partial charge on any atom is 0.268 e. The van der Waals surface area contributed by atoms with Crippen LogP contribution in [0.1, 0.15) is 32.1 Å². The van der Waals surface area contributed by atoms with E-state index in [0.717, 1.165) is 50.3 Å². The van der Waals surface area contributed by atoms with Crippen LogP contribution in [0.15, 0.2) is 29.2 Å². The van der Waals surface area contributed by atoms with Gasteiger partial charge in [-0.3, -0.25) is 4.72 Å². The minimum Gasteiger partial charge on any atom is -0.370 e. The molecule has 1 unspecified atom stereocenters. The zero-order valence-electron chi connectivity index (χ0n) is 17.2. The maximum atomic E-state index is 15.0. The summed E-state index contributed by atoms with van der Waals surface area (Å²) >= 11 is 6.17. The number of nitrogens with one attached hydrogen (secondary N) is 1. The summed E-state index contributed by atoms with van der Waals surface area (Å²) in [6, 6.07) is 4.57. The third kappa shape index (κ3) is 4.67. The van der Waals surface area contributed by atoms with E-state index in [9.17, 15) is 17.2 Å². The molecule has 1 saturated carbocycles. The number of aromatic nitrogens is 1. The van der Waals surface area contributed by atoms with Crippen molar-refractivity contribution in [2.24, 2.45) is 17.6 Å². The highest BCUT2D eigenvalue weighted by Gasteiger charge is 2.35. The molecule has 2 fully saturated rings. The molecule has 174 valence electrons. The van der Waals surface area contributed by atoms with Crippen molar-refractivity contribution in [3.05, 3.63) is 46.9 Å². The molecular formula is C21H24ClF3N4O2S. The molecule has 1 saturated heterocycles. The van der Waals surface area contributed by atoms with Gasteiger partial charge in [0.25, 0.3) is 10.0 Å². The van der Waals surface area contributed by atoms with Gasteiger partial charge in [-0.05, 0) is 56.1 Å². The summed E-state index contributed by atoms with van der Waals surface area (Å²) < 4.78 is 70.2. The molecule has 1 aromatic carbocycles. The van der Waals surface area contributed by atoms with E-state index in [1.54, 1.807) is 4.90 Å². The molecule has 6 nitrogen and oxygen atoms in total. The van der Waals surface area contributed by atoms with Gasteiger partial charge in [0, 0.05) is 25.2 Å². The van der Waals surface area contributed by atoms with Crippen molar-refractivity contribution in [1.29, 1.82) is 0 Å².